The Balaban J connectivity index is 2.41. The Morgan fingerprint density at radius 2 is 1.41 bits per heavy atom. The van der Waals surface area contributed by atoms with Crippen molar-refractivity contribution in [2.24, 2.45) is 0 Å². The molecule has 1 aliphatic rings. The van der Waals surface area contributed by atoms with E-state index in [-0.39, 0.29) is 10.8 Å². The van der Waals surface area contributed by atoms with Gasteiger partial charge in [0.05, 0.1) is 0 Å². The van der Waals surface area contributed by atoms with E-state index in [0.717, 1.165) is 43.9 Å². The Bertz CT molecular complexity index is 482. The zero-order chi connectivity index (χ0) is 16.5. The highest BCUT2D eigenvalue weighted by molar-refractivity contribution is 5.49. The van der Waals surface area contributed by atoms with E-state index in [1.54, 1.807) is 0 Å². The summed E-state index contributed by atoms with van der Waals surface area (Å²) in [5, 5.41) is 14.2. The summed E-state index contributed by atoms with van der Waals surface area (Å²) in [4.78, 5) is 2.49. The molecule has 22 heavy (non-hydrogen) atoms. The number of aromatic hydroxyl groups is 1. The molecule has 1 aromatic rings. The van der Waals surface area contributed by atoms with Crippen molar-refractivity contribution in [3.8, 4) is 5.75 Å². The summed E-state index contributed by atoms with van der Waals surface area (Å²) in [5.41, 5.74) is 3.33. The third kappa shape index (κ3) is 4.02. The monoisotopic (exact) mass is 304 g/mol. The summed E-state index contributed by atoms with van der Waals surface area (Å²) in [7, 11) is 0. The summed E-state index contributed by atoms with van der Waals surface area (Å²) in [5.74, 6) is 0.476. The molecule has 1 saturated heterocycles. The van der Waals surface area contributed by atoms with E-state index < -0.39 is 0 Å². The minimum atomic E-state index is -0.0520. The number of benzene rings is 1. The first-order valence-corrected chi connectivity index (χ1v) is 8.39. The number of rotatable bonds is 2. The van der Waals surface area contributed by atoms with Crippen LogP contribution in [0.1, 0.15) is 58.2 Å². The van der Waals surface area contributed by atoms with Crippen molar-refractivity contribution in [3.05, 3.63) is 28.8 Å². The zero-order valence-electron chi connectivity index (χ0n) is 15.1. The van der Waals surface area contributed by atoms with E-state index >= 15 is 0 Å². The minimum absolute atomic E-state index is 0.0520. The maximum absolute atomic E-state index is 10.8. The molecule has 1 aromatic carbocycles. The van der Waals surface area contributed by atoms with Gasteiger partial charge in [0.2, 0.25) is 0 Å². The predicted octanol–water partition coefficient (Wildman–Crippen LogP) is 3.39. The lowest BCUT2D eigenvalue weighted by Gasteiger charge is -2.31. The predicted molar refractivity (Wildman–Crippen MR) is 93.7 cm³/mol. The van der Waals surface area contributed by atoms with E-state index in [4.69, 9.17) is 0 Å². The third-order valence-electron chi connectivity index (χ3n) is 4.40. The lowest BCUT2D eigenvalue weighted by Crippen LogP contribution is -2.42. The highest BCUT2D eigenvalue weighted by atomic mass is 16.3. The van der Waals surface area contributed by atoms with Crippen molar-refractivity contribution in [1.29, 1.82) is 0 Å². The Morgan fingerprint density at radius 3 is 1.82 bits per heavy atom. The van der Waals surface area contributed by atoms with Gasteiger partial charge in [0, 0.05) is 32.7 Å². The van der Waals surface area contributed by atoms with Gasteiger partial charge in [-0.25, -0.2) is 0 Å². The van der Waals surface area contributed by atoms with E-state index in [1.165, 1.54) is 5.56 Å². The average Bonchev–Trinajstić information content (AvgIpc) is 2.39. The van der Waals surface area contributed by atoms with E-state index in [1.807, 2.05) is 0 Å². The summed E-state index contributed by atoms with van der Waals surface area (Å²) >= 11 is 0. The molecule has 0 radical (unpaired) electrons. The van der Waals surface area contributed by atoms with Crippen LogP contribution in [0.15, 0.2) is 12.1 Å². The zero-order valence-corrected chi connectivity index (χ0v) is 15.1. The molecule has 0 bridgehead atoms. The number of phenolic OH excluding ortho intramolecular Hbond substituents is 1. The molecular weight excluding hydrogens is 272 g/mol. The SMILES string of the molecule is CC(C)(C)c1cc(CN2CCNCC2)cc(C(C)(C)C)c1O. The van der Waals surface area contributed by atoms with Crippen molar-refractivity contribution >= 4 is 0 Å². The second kappa shape index (κ2) is 6.21. The molecule has 0 aliphatic carbocycles. The van der Waals surface area contributed by atoms with Gasteiger partial charge in [0.25, 0.3) is 0 Å². The Kier molecular flexibility index (Phi) is 4.88. The van der Waals surface area contributed by atoms with Gasteiger partial charge in [-0.1, -0.05) is 53.7 Å². The van der Waals surface area contributed by atoms with Crippen LogP contribution in [-0.4, -0.2) is 36.2 Å². The summed E-state index contributed by atoms with van der Waals surface area (Å²) in [6.07, 6.45) is 0. The molecule has 124 valence electrons. The molecular formula is C19H32N2O. The fourth-order valence-corrected chi connectivity index (χ4v) is 3.06. The van der Waals surface area contributed by atoms with E-state index in [0.29, 0.717) is 5.75 Å². The van der Waals surface area contributed by atoms with Crippen LogP contribution in [0.25, 0.3) is 0 Å². The fourth-order valence-electron chi connectivity index (χ4n) is 3.06. The second-order valence-corrected chi connectivity index (χ2v) is 8.57. The fraction of sp³-hybridized carbons (Fsp3) is 0.684. The van der Waals surface area contributed by atoms with Crippen molar-refractivity contribution in [1.82, 2.24) is 10.2 Å². The van der Waals surface area contributed by atoms with Crippen LogP contribution in [-0.2, 0) is 17.4 Å². The number of nitrogens with one attached hydrogen (secondary N) is 1. The Labute approximate surface area is 135 Å². The molecule has 2 N–H and O–H groups in total. The highest BCUT2D eigenvalue weighted by Crippen LogP contribution is 2.39. The molecule has 0 aromatic heterocycles. The molecule has 1 fully saturated rings. The maximum Gasteiger partial charge on any atom is 0.123 e. The number of hydrogen-bond donors (Lipinski definition) is 2. The van der Waals surface area contributed by atoms with Crippen LogP contribution in [0.2, 0.25) is 0 Å². The molecule has 0 spiro atoms. The quantitative estimate of drug-likeness (QED) is 0.879. The van der Waals surface area contributed by atoms with Crippen LogP contribution in [0.5, 0.6) is 5.75 Å². The number of phenols is 1. The van der Waals surface area contributed by atoms with Gasteiger partial charge in [0.1, 0.15) is 5.75 Å². The lowest BCUT2D eigenvalue weighted by molar-refractivity contribution is 0.233. The highest BCUT2D eigenvalue weighted by Gasteiger charge is 2.26. The standard InChI is InChI=1S/C19H32N2O/c1-18(2,3)15-11-14(13-21-9-7-20-8-10-21)12-16(17(15)22)19(4,5)6/h11-12,20,22H,7-10,13H2,1-6H3. The lowest BCUT2D eigenvalue weighted by atomic mass is 9.78. The molecule has 3 nitrogen and oxygen atoms in total. The van der Waals surface area contributed by atoms with Crippen LogP contribution >= 0.6 is 0 Å². The first-order valence-electron chi connectivity index (χ1n) is 8.39. The van der Waals surface area contributed by atoms with Crippen molar-refractivity contribution in [2.75, 3.05) is 26.2 Å². The molecule has 0 amide bonds. The normalized spacial score (nSPS) is 17.7. The van der Waals surface area contributed by atoms with Gasteiger partial charge in [-0.3, -0.25) is 4.90 Å². The van der Waals surface area contributed by atoms with Crippen molar-refractivity contribution in [3.63, 3.8) is 0 Å². The molecule has 1 aliphatic heterocycles. The second-order valence-electron chi connectivity index (χ2n) is 8.57. The van der Waals surface area contributed by atoms with Gasteiger partial charge in [-0.2, -0.15) is 0 Å². The third-order valence-corrected chi connectivity index (χ3v) is 4.40. The molecule has 0 unspecified atom stereocenters. The first-order chi connectivity index (χ1) is 10.1. The van der Waals surface area contributed by atoms with Crippen LogP contribution in [0.3, 0.4) is 0 Å². The number of hydrogen-bond acceptors (Lipinski definition) is 3. The molecule has 2 rings (SSSR count). The van der Waals surface area contributed by atoms with Gasteiger partial charge in [-0.15, -0.1) is 0 Å². The number of piperazine rings is 1. The summed E-state index contributed by atoms with van der Waals surface area (Å²) in [6.45, 7) is 18.3. The molecule has 0 saturated carbocycles. The Morgan fingerprint density at radius 1 is 0.955 bits per heavy atom. The minimum Gasteiger partial charge on any atom is -0.507 e. The van der Waals surface area contributed by atoms with Crippen LogP contribution in [0.4, 0.5) is 0 Å². The first kappa shape index (κ1) is 17.3. The van der Waals surface area contributed by atoms with Gasteiger partial charge < -0.3 is 10.4 Å². The molecule has 3 heteroatoms. The van der Waals surface area contributed by atoms with Gasteiger partial charge >= 0.3 is 0 Å². The molecule has 1 heterocycles. The van der Waals surface area contributed by atoms with Crippen LogP contribution in [0, 0.1) is 0 Å². The van der Waals surface area contributed by atoms with E-state index in [2.05, 4.69) is 63.9 Å². The van der Waals surface area contributed by atoms with E-state index in [9.17, 15) is 5.11 Å². The largest absolute Gasteiger partial charge is 0.507 e. The molecule has 0 atom stereocenters. The average molecular weight is 304 g/mol. The van der Waals surface area contributed by atoms with Crippen molar-refractivity contribution in [2.45, 2.75) is 58.9 Å². The summed E-state index contributed by atoms with van der Waals surface area (Å²) in [6, 6.07) is 4.40. The maximum atomic E-state index is 10.8. The Hall–Kier alpha value is -1.06. The number of nitrogens with zero attached hydrogens (tertiary/aromatic N) is 1. The van der Waals surface area contributed by atoms with Gasteiger partial charge in [0.15, 0.2) is 0 Å². The topological polar surface area (TPSA) is 35.5 Å². The van der Waals surface area contributed by atoms with Crippen molar-refractivity contribution < 1.29 is 5.11 Å². The van der Waals surface area contributed by atoms with Gasteiger partial charge in [-0.05, 0) is 27.5 Å². The van der Waals surface area contributed by atoms with Crippen LogP contribution < -0.4 is 5.32 Å². The summed E-state index contributed by atoms with van der Waals surface area (Å²) < 4.78 is 0. The smallest absolute Gasteiger partial charge is 0.123 e.